The molecular formula is C33H34Cl3N3O3. The molecule has 0 radical (unpaired) electrons. The van der Waals surface area contributed by atoms with E-state index in [9.17, 15) is 4.79 Å². The molecule has 2 aliphatic heterocycles. The summed E-state index contributed by atoms with van der Waals surface area (Å²) >= 11 is 19.0. The zero-order chi connectivity index (χ0) is 29.3. The molecule has 1 saturated heterocycles. The van der Waals surface area contributed by atoms with Crippen molar-refractivity contribution < 1.29 is 14.3 Å². The van der Waals surface area contributed by atoms with Gasteiger partial charge in [-0.3, -0.25) is 10.1 Å². The molecule has 1 saturated carbocycles. The molecular weight excluding hydrogens is 593 g/mol. The van der Waals surface area contributed by atoms with Gasteiger partial charge in [-0.15, -0.1) is 0 Å². The molecule has 0 spiro atoms. The fourth-order valence-electron chi connectivity index (χ4n) is 5.88. The number of hydrogen-bond acceptors (Lipinski definition) is 5. The molecule has 3 aromatic rings. The van der Waals surface area contributed by atoms with Crippen molar-refractivity contribution in [2.24, 2.45) is 0 Å². The number of hydrogen-bond donors (Lipinski definition) is 2. The SMILES string of the molecule is Cc1cc(Cl)c(OCCOc2ccc(C34CC=C(C(=O)N(Cc5ccccc5Cl)C5CC5)C(CNC3)N4)cc2)c(Cl)c1. The average molecular weight is 627 g/mol. The molecule has 0 aromatic heterocycles. The molecule has 9 heteroatoms. The van der Waals surface area contributed by atoms with Gasteiger partial charge in [0.1, 0.15) is 19.0 Å². The third-order valence-electron chi connectivity index (χ3n) is 8.21. The van der Waals surface area contributed by atoms with Crippen LogP contribution in [0.25, 0.3) is 0 Å². The van der Waals surface area contributed by atoms with Gasteiger partial charge in [0.2, 0.25) is 0 Å². The Morgan fingerprint density at radius 3 is 2.40 bits per heavy atom. The lowest BCUT2D eigenvalue weighted by molar-refractivity contribution is -0.129. The zero-order valence-electron chi connectivity index (χ0n) is 23.5. The quantitative estimate of drug-likeness (QED) is 0.246. The summed E-state index contributed by atoms with van der Waals surface area (Å²) in [5, 5.41) is 9.07. The molecule has 3 aliphatic rings. The van der Waals surface area contributed by atoms with E-state index in [0.717, 1.165) is 47.4 Å². The minimum atomic E-state index is -0.291. The van der Waals surface area contributed by atoms with Crippen LogP contribution in [-0.2, 0) is 16.9 Å². The van der Waals surface area contributed by atoms with Crippen LogP contribution in [0.5, 0.6) is 11.5 Å². The Balaban J connectivity index is 1.09. The van der Waals surface area contributed by atoms with Crippen LogP contribution in [0.3, 0.4) is 0 Å². The van der Waals surface area contributed by atoms with Crippen LogP contribution in [0.4, 0.5) is 0 Å². The van der Waals surface area contributed by atoms with E-state index in [2.05, 4.69) is 28.8 Å². The van der Waals surface area contributed by atoms with Gasteiger partial charge in [-0.05, 0) is 73.2 Å². The summed E-state index contributed by atoms with van der Waals surface area (Å²) in [4.78, 5) is 15.9. The topological polar surface area (TPSA) is 62.8 Å². The number of piperazine rings is 1. The zero-order valence-corrected chi connectivity index (χ0v) is 25.7. The molecule has 42 heavy (non-hydrogen) atoms. The highest BCUT2D eigenvalue weighted by Gasteiger charge is 2.44. The van der Waals surface area contributed by atoms with Gasteiger partial charge in [0, 0.05) is 36.3 Å². The Morgan fingerprint density at radius 1 is 0.976 bits per heavy atom. The van der Waals surface area contributed by atoms with Gasteiger partial charge < -0.3 is 19.7 Å². The summed E-state index contributed by atoms with van der Waals surface area (Å²) < 4.78 is 11.7. The Morgan fingerprint density at radius 2 is 1.69 bits per heavy atom. The van der Waals surface area contributed by atoms with Crippen LogP contribution in [-0.4, -0.2) is 49.2 Å². The van der Waals surface area contributed by atoms with Crippen LogP contribution in [0.15, 0.2) is 72.3 Å². The van der Waals surface area contributed by atoms with Crippen molar-refractivity contribution >= 4 is 40.7 Å². The van der Waals surface area contributed by atoms with E-state index in [1.54, 1.807) is 0 Å². The van der Waals surface area contributed by atoms with Gasteiger partial charge in [-0.1, -0.05) is 71.2 Å². The third-order valence-corrected chi connectivity index (χ3v) is 9.14. The predicted octanol–water partition coefficient (Wildman–Crippen LogP) is 6.69. The van der Waals surface area contributed by atoms with E-state index >= 15 is 0 Å². The standard InChI is InChI=1S/C33H34Cl3N3O3/c1-21-16-28(35)31(29(36)17-21)42-15-14-41-25-10-6-23(7-11-25)33-13-12-26(30(38-33)18-37-20-33)32(40)39(24-8-9-24)19-22-4-2-3-5-27(22)34/h2-7,10-12,16-17,24,30,37-38H,8-9,13-15,18-20H2,1H3. The number of aryl methyl sites for hydroxylation is 1. The molecule has 2 heterocycles. The van der Waals surface area contributed by atoms with Gasteiger partial charge in [-0.25, -0.2) is 0 Å². The van der Waals surface area contributed by atoms with E-state index in [1.165, 1.54) is 0 Å². The fourth-order valence-corrected chi connectivity index (χ4v) is 6.78. The van der Waals surface area contributed by atoms with E-state index in [0.29, 0.717) is 53.5 Å². The molecule has 1 aliphatic carbocycles. The van der Waals surface area contributed by atoms with Gasteiger partial charge >= 0.3 is 0 Å². The van der Waals surface area contributed by atoms with Crippen LogP contribution in [0.1, 0.15) is 36.0 Å². The number of fused-ring (bicyclic) bond motifs is 2. The van der Waals surface area contributed by atoms with E-state index in [4.69, 9.17) is 44.3 Å². The van der Waals surface area contributed by atoms with E-state index < -0.39 is 0 Å². The Kier molecular flexibility index (Phi) is 8.71. The number of ether oxygens (including phenoxy) is 2. The number of rotatable bonds is 10. The Labute approximate surface area is 261 Å². The monoisotopic (exact) mass is 625 g/mol. The molecule has 1 amide bonds. The molecule has 2 unspecified atom stereocenters. The molecule has 3 aromatic carbocycles. The lowest BCUT2D eigenvalue weighted by atomic mass is 9.78. The van der Waals surface area contributed by atoms with Gasteiger partial charge in [0.05, 0.1) is 21.6 Å². The second kappa shape index (κ2) is 12.5. The normalized spacial score (nSPS) is 21.4. The first kappa shape index (κ1) is 29.3. The number of nitrogens with zero attached hydrogens (tertiary/aromatic N) is 1. The number of carbonyl (C=O) groups is 1. The maximum Gasteiger partial charge on any atom is 0.251 e. The van der Waals surface area contributed by atoms with Crippen molar-refractivity contribution in [1.82, 2.24) is 15.5 Å². The Bertz CT molecular complexity index is 1470. The van der Waals surface area contributed by atoms with Gasteiger partial charge in [0.15, 0.2) is 5.75 Å². The summed E-state index contributed by atoms with van der Waals surface area (Å²) in [7, 11) is 0. The van der Waals surface area contributed by atoms with Gasteiger partial charge in [-0.2, -0.15) is 0 Å². The molecule has 2 bridgehead atoms. The number of nitrogens with one attached hydrogen (secondary N) is 2. The molecule has 2 N–H and O–H groups in total. The molecule has 220 valence electrons. The number of halogens is 3. The summed E-state index contributed by atoms with van der Waals surface area (Å²) in [6.45, 7) is 4.62. The van der Waals surface area contributed by atoms with Crippen molar-refractivity contribution in [3.05, 3.63) is 104 Å². The maximum atomic E-state index is 13.9. The summed E-state index contributed by atoms with van der Waals surface area (Å²) in [6.07, 6.45) is 4.94. The number of carbonyl (C=O) groups excluding carboxylic acids is 1. The van der Waals surface area contributed by atoms with Crippen molar-refractivity contribution in [1.29, 1.82) is 0 Å². The molecule has 2 atom stereocenters. The number of benzene rings is 3. The summed E-state index contributed by atoms with van der Waals surface area (Å²) in [6, 6.07) is 19.8. The van der Waals surface area contributed by atoms with Crippen molar-refractivity contribution in [3.8, 4) is 11.5 Å². The lowest BCUT2D eigenvalue weighted by Gasteiger charge is -2.47. The first-order valence-electron chi connectivity index (χ1n) is 14.4. The van der Waals surface area contributed by atoms with Crippen molar-refractivity contribution in [2.75, 3.05) is 26.3 Å². The van der Waals surface area contributed by atoms with Crippen LogP contribution < -0.4 is 20.1 Å². The minimum absolute atomic E-state index is 0.0685. The smallest absolute Gasteiger partial charge is 0.251 e. The molecule has 2 fully saturated rings. The first-order valence-corrected chi connectivity index (χ1v) is 15.5. The first-order chi connectivity index (χ1) is 20.3. The number of amides is 1. The molecule has 6 nitrogen and oxygen atoms in total. The van der Waals surface area contributed by atoms with Crippen molar-refractivity contribution in [2.45, 2.75) is 50.4 Å². The fraction of sp³-hybridized carbons (Fsp3) is 0.364. The highest BCUT2D eigenvalue weighted by Crippen LogP contribution is 2.37. The maximum absolute atomic E-state index is 13.9. The second-order valence-electron chi connectivity index (χ2n) is 11.3. The highest BCUT2D eigenvalue weighted by molar-refractivity contribution is 6.37. The van der Waals surface area contributed by atoms with Crippen LogP contribution in [0.2, 0.25) is 15.1 Å². The minimum Gasteiger partial charge on any atom is -0.490 e. The summed E-state index contributed by atoms with van der Waals surface area (Å²) in [5.74, 6) is 1.33. The van der Waals surface area contributed by atoms with Gasteiger partial charge in [0.25, 0.3) is 5.91 Å². The third kappa shape index (κ3) is 6.29. The molecule has 6 rings (SSSR count). The summed E-state index contributed by atoms with van der Waals surface area (Å²) in [5.41, 5.74) is 3.66. The van der Waals surface area contributed by atoms with E-state index in [-0.39, 0.29) is 23.5 Å². The lowest BCUT2D eigenvalue weighted by Crippen LogP contribution is -2.65. The predicted molar refractivity (Wildman–Crippen MR) is 168 cm³/mol. The van der Waals surface area contributed by atoms with Crippen molar-refractivity contribution in [3.63, 3.8) is 0 Å². The van der Waals surface area contributed by atoms with Crippen LogP contribution in [0, 0.1) is 6.92 Å². The Hall–Kier alpha value is -2.74. The van der Waals surface area contributed by atoms with Crippen LogP contribution >= 0.6 is 34.8 Å². The largest absolute Gasteiger partial charge is 0.490 e. The van der Waals surface area contributed by atoms with E-state index in [1.807, 2.05) is 60.4 Å². The highest BCUT2D eigenvalue weighted by atomic mass is 35.5. The average Bonchev–Trinajstić information content (AvgIpc) is 3.82. The second-order valence-corrected chi connectivity index (χ2v) is 12.5.